The number of aromatic nitrogens is 1. The number of fused-ring (bicyclic) bond motifs is 8. The summed E-state index contributed by atoms with van der Waals surface area (Å²) >= 11 is 3.56. The standard InChI is InChI=1S/C43H26N2OS2/c1-3-10-27(11-4-1)28-18-20-30(21-19-28)45(34-15-9-17-38-40(34)32-14-7-8-16-37(32)47-38)31-22-23-35-33(26-31)41-36(46-35)24-25-39-42(41)44-43(48-39)29-12-5-2-6-13-29/h1-26H. The monoisotopic (exact) mass is 650 g/mol. The SMILES string of the molecule is c1ccc(-c2ccc(N(c3ccc4oc5ccc6sc(-c7ccccc7)nc6c5c4c3)c3cccc4sc5ccccc5c34)cc2)cc1. The lowest BCUT2D eigenvalue weighted by molar-refractivity contribution is 0.669. The van der Waals surface area contributed by atoms with Gasteiger partial charge in [-0.1, -0.05) is 97.1 Å². The summed E-state index contributed by atoms with van der Waals surface area (Å²) in [6.45, 7) is 0. The second-order valence-electron chi connectivity index (χ2n) is 11.9. The van der Waals surface area contributed by atoms with Gasteiger partial charge in [0.1, 0.15) is 16.2 Å². The van der Waals surface area contributed by atoms with Crippen LogP contribution >= 0.6 is 22.7 Å². The number of anilines is 3. The second-order valence-corrected chi connectivity index (χ2v) is 14.1. The molecule has 0 aliphatic carbocycles. The third kappa shape index (κ3) is 4.36. The van der Waals surface area contributed by atoms with E-state index in [2.05, 4.69) is 157 Å². The molecule has 0 saturated heterocycles. The van der Waals surface area contributed by atoms with E-state index < -0.39 is 0 Å². The van der Waals surface area contributed by atoms with E-state index in [1.54, 1.807) is 11.3 Å². The molecule has 0 saturated carbocycles. The van der Waals surface area contributed by atoms with Crippen LogP contribution in [0.4, 0.5) is 17.1 Å². The Bertz CT molecular complexity index is 2780. The van der Waals surface area contributed by atoms with Gasteiger partial charge in [0.2, 0.25) is 0 Å². The molecule has 0 bridgehead atoms. The molecule has 0 radical (unpaired) electrons. The van der Waals surface area contributed by atoms with Crippen LogP contribution in [0.5, 0.6) is 0 Å². The fourth-order valence-electron chi connectivity index (χ4n) is 6.89. The van der Waals surface area contributed by atoms with E-state index in [0.29, 0.717) is 0 Å². The molecule has 0 aliphatic rings. The topological polar surface area (TPSA) is 29.3 Å². The summed E-state index contributed by atoms with van der Waals surface area (Å²) in [5, 5.41) is 5.66. The first-order valence-electron chi connectivity index (χ1n) is 16.0. The van der Waals surface area contributed by atoms with Gasteiger partial charge in [-0.3, -0.25) is 0 Å². The average Bonchev–Trinajstić information content (AvgIpc) is 3.86. The summed E-state index contributed by atoms with van der Waals surface area (Å²) in [6.07, 6.45) is 0. The van der Waals surface area contributed by atoms with Crippen LogP contribution in [0.2, 0.25) is 0 Å². The highest BCUT2D eigenvalue weighted by Gasteiger charge is 2.21. The highest BCUT2D eigenvalue weighted by atomic mass is 32.1. The Morgan fingerprint density at radius 2 is 1.15 bits per heavy atom. The van der Waals surface area contributed by atoms with Crippen molar-refractivity contribution in [1.29, 1.82) is 0 Å². The molecule has 10 aromatic rings. The largest absolute Gasteiger partial charge is 0.456 e. The first kappa shape index (κ1) is 27.4. The zero-order valence-corrected chi connectivity index (χ0v) is 27.3. The van der Waals surface area contributed by atoms with Crippen LogP contribution in [0, 0.1) is 0 Å². The molecular weight excluding hydrogens is 625 g/mol. The maximum atomic E-state index is 6.45. The van der Waals surface area contributed by atoms with Crippen molar-refractivity contribution in [2.24, 2.45) is 0 Å². The predicted octanol–water partition coefficient (Wildman–Crippen LogP) is 13.4. The predicted molar refractivity (Wildman–Crippen MR) is 205 cm³/mol. The quantitative estimate of drug-likeness (QED) is 0.186. The Hall–Kier alpha value is -5.75. The third-order valence-corrected chi connectivity index (χ3v) is 11.3. The Balaban J connectivity index is 1.21. The lowest BCUT2D eigenvalue weighted by Crippen LogP contribution is -2.10. The van der Waals surface area contributed by atoms with Crippen molar-refractivity contribution in [3.8, 4) is 21.7 Å². The Labute approximate surface area is 284 Å². The van der Waals surface area contributed by atoms with Crippen molar-refractivity contribution in [2.75, 3.05) is 4.90 Å². The molecule has 0 atom stereocenters. The van der Waals surface area contributed by atoms with Crippen LogP contribution in [0.15, 0.2) is 162 Å². The van der Waals surface area contributed by atoms with Gasteiger partial charge in [-0.05, 0) is 71.8 Å². The molecule has 0 fully saturated rings. The lowest BCUT2D eigenvalue weighted by Gasteiger charge is -2.27. The Kier molecular flexibility index (Phi) is 6.22. The van der Waals surface area contributed by atoms with Crippen LogP contribution in [0.3, 0.4) is 0 Å². The number of thiazole rings is 1. The van der Waals surface area contributed by atoms with Crippen LogP contribution in [-0.2, 0) is 0 Å². The third-order valence-electron chi connectivity index (χ3n) is 9.11. The fourth-order valence-corrected chi connectivity index (χ4v) is 8.99. The van der Waals surface area contributed by atoms with E-state index >= 15 is 0 Å². The summed E-state index contributed by atoms with van der Waals surface area (Å²) in [4.78, 5) is 7.57. The van der Waals surface area contributed by atoms with Crippen LogP contribution in [0.1, 0.15) is 0 Å². The number of furan rings is 1. The van der Waals surface area contributed by atoms with Gasteiger partial charge in [0.05, 0.1) is 21.3 Å². The van der Waals surface area contributed by atoms with E-state index in [-0.39, 0.29) is 0 Å². The minimum absolute atomic E-state index is 0.851. The molecule has 5 heteroatoms. The van der Waals surface area contributed by atoms with E-state index in [4.69, 9.17) is 9.40 Å². The zero-order chi connectivity index (χ0) is 31.6. The molecule has 3 heterocycles. The van der Waals surface area contributed by atoms with E-state index in [9.17, 15) is 0 Å². The van der Waals surface area contributed by atoms with Gasteiger partial charge in [-0.2, -0.15) is 0 Å². The van der Waals surface area contributed by atoms with Crippen molar-refractivity contribution in [3.05, 3.63) is 158 Å². The number of benzene rings is 7. The van der Waals surface area contributed by atoms with Crippen molar-refractivity contribution in [1.82, 2.24) is 4.98 Å². The maximum absolute atomic E-state index is 6.45. The number of thiophene rings is 1. The Morgan fingerprint density at radius 1 is 0.458 bits per heavy atom. The van der Waals surface area contributed by atoms with Gasteiger partial charge in [-0.15, -0.1) is 22.7 Å². The summed E-state index contributed by atoms with van der Waals surface area (Å²) in [7, 11) is 0. The first-order valence-corrected chi connectivity index (χ1v) is 17.6. The van der Waals surface area contributed by atoms with E-state index in [1.807, 2.05) is 17.4 Å². The molecule has 226 valence electrons. The molecule has 48 heavy (non-hydrogen) atoms. The van der Waals surface area contributed by atoms with Gasteiger partial charge >= 0.3 is 0 Å². The highest BCUT2D eigenvalue weighted by Crippen LogP contribution is 2.47. The average molecular weight is 651 g/mol. The molecular formula is C43H26N2OS2. The normalized spacial score (nSPS) is 11.8. The number of hydrogen-bond acceptors (Lipinski definition) is 5. The number of rotatable bonds is 5. The maximum Gasteiger partial charge on any atom is 0.137 e. The molecule has 7 aromatic carbocycles. The summed E-state index contributed by atoms with van der Waals surface area (Å²) < 4.78 is 10.2. The van der Waals surface area contributed by atoms with Gasteiger partial charge < -0.3 is 9.32 Å². The molecule has 0 amide bonds. The zero-order valence-electron chi connectivity index (χ0n) is 25.6. The Morgan fingerprint density at radius 3 is 1.98 bits per heavy atom. The summed E-state index contributed by atoms with van der Waals surface area (Å²) in [6, 6.07) is 56.0. The van der Waals surface area contributed by atoms with Crippen LogP contribution in [-0.4, -0.2) is 4.98 Å². The molecule has 0 unspecified atom stereocenters. The second kappa shape index (κ2) is 10.9. The lowest BCUT2D eigenvalue weighted by atomic mass is 10.0. The van der Waals surface area contributed by atoms with Gasteiger partial charge in [0.25, 0.3) is 0 Å². The van der Waals surface area contributed by atoms with E-state index in [0.717, 1.165) is 59.8 Å². The van der Waals surface area contributed by atoms with Crippen molar-refractivity contribution in [3.63, 3.8) is 0 Å². The molecule has 3 nitrogen and oxygen atoms in total. The smallest absolute Gasteiger partial charge is 0.137 e. The van der Waals surface area contributed by atoms with E-state index in [1.165, 1.54) is 31.3 Å². The van der Waals surface area contributed by atoms with Crippen molar-refractivity contribution < 1.29 is 4.42 Å². The van der Waals surface area contributed by atoms with Gasteiger partial charge in [-0.25, -0.2) is 4.98 Å². The minimum atomic E-state index is 0.851. The van der Waals surface area contributed by atoms with Crippen molar-refractivity contribution in [2.45, 2.75) is 0 Å². The number of nitrogens with zero attached hydrogens (tertiary/aromatic N) is 2. The molecule has 10 rings (SSSR count). The minimum Gasteiger partial charge on any atom is -0.456 e. The summed E-state index contributed by atoms with van der Waals surface area (Å²) in [5.41, 5.74) is 9.52. The molecule has 0 aliphatic heterocycles. The number of hydrogen-bond donors (Lipinski definition) is 0. The van der Waals surface area contributed by atoms with Crippen LogP contribution < -0.4 is 4.90 Å². The summed E-state index contributed by atoms with van der Waals surface area (Å²) in [5.74, 6) is 0. The molecule has 0 spiro atoms. The van der Waals surface area contributed by atoms with Crippen molar-refractivity contribution >= 4 is 92.1 Å². The van der Waals surface area contributed by atoms with Gasteiger partial charge in [0, 0.05) is 42.5 Å². The van der Waals surface area contributed by atoms with Crippen LogP contribution in [0.25, 0.3) is 74.0 Å². The first-order chi connectivity index (χ1) is 23.8. The molecule has 0 N–H and O–H groups in total. The highest BCUT2D eigenvalue weighted by molar-refractivity contribution is 7.26. The fraction of sp³-hybridized carbons (Fsp3) is 0. The molecule has 3 aromatic heterocycles. The van der Waals surface area contributed by atoms with Gasteiger partial charge in [0.15, 0.2) is 0 Å².